The Hall–Kier alpha value is -10.2. The highest BCUT2D eigenvalue weighted by Gasteiger charge is 2.31. The van der Waals surface area contributed by atoms with Gasteiger partial charge in [0.15, 0.2) is 0 Å². The zero-order chi connectivity index (χ0) is 53.8. The summed E-state index contributed by atoms with van der Waals surface area (Å²) in [6, 6.07) is 86.8. The van der Waals surface area contributed by atoms with Gasteiger partial charge in [-0.25, -0.2) is 4.39 Å². The Balaban J connectivity index is 1.04. The van der Waals surface area contributed by atoms with E-state index in [1.807, 2.05) is 30.3 Å². The summed E-state index contributed by atoms with van der Waals surface area (Å²) in [5.41, 5.74) is 11.8. The molecule has 0 aliphatic heterocycles. The van der Waals surface area contributed by atoms with E-state index >= 15 is 0 Å². The van der Waals surface area contributed by atoms with E-state index in [1.165, 1.54) is 71.2 Å². The van der Waals surface area contributed by atoms with Crippen LogP contribution in [0, 0.1) is 47.6 Å². The molecule has 2 aliphatic rings. The average Bonchev–Trinajstić information content (AvgIpc) is 2.53. The van der Waals surface area contributed by atoms with Gasteiger partial charge in [-0.15, -0.1) is 0 Å². The zero-order valence-electron chi connectivity index (χ0n) is 43.3. The maximum absolute atomic E-state index is 14.9. The van der Waals surface area contributed by atoms with Gasteiger partial charge in [-0.2, -0.15) is 13.2 Å². The first kappa shape index (κ1) is 45.8. The van der Waals surface area contributed by atoms with Gasteiger partial charge in [0, 0.05) is 0 Å². The second-order valence-corrected chi connectivity index (χ2v) is 21.6. The molecule has 0 nitrogen and oxygen atoms in total. The van der Waals surface area contributed by atoms with Crippen LogP contribution in [0.15, 0.2) is 255 Å². The monoisotopic (exact) mass is 1040 g/mol. The van der Waals surface area contributed by atoms with Crippen LogP contribution in [-0.4, -0.2) is 0 Å². The summed E-state index contributed by atoms with van der Waals surface area (Å²) in [4.78, 5) is 0. The van der Waals surface area contributed by atoms with Crippen LogP contribution in [0.1, 0.15) is 5.56 Å². The van der Waals surface area contributed by atoms with Gasteiger partial charge in [-0.3, -0.25) is 0 Å². The summed E-state index contributed by atoms with van der Waals surface area (Å²) in [5.74, 6) is -0.273. The number of rotatable bonds is 6. The average molecular weight is 1040 g/mol. The molecule has 0 unspecified atom stereocenters. The Morgan fingerprint density at radius 3 is 0.938 bits per heavy atom. The number of hydrogen-bond acceptors (Lipinski definition) is 0. The summed E-state index contributed by atoms with van der Waals surface area (Å²) in [5, 5.41) is 23.1. The SMILES string of the molecule is Fc1ccc(-c2c3c(c(-c4ccccc4-c4ccccc4)c4ccccc24)=c2ccc4c5ccc6c7c(ccc(c8ccc=3c2c84)c75)=c2c(-c3ccccc3-c3ccc(C(F)(F)F)cc3)c3ccccc3c(-c3ccccc3)c2=6)cc1. The molecule has 0 aromatic heterocycles. The van der Waals surface area contributed by atoms with Crippen LogP contribution in [0.4, 0.5) is 17.6 Å². The van der Waals surface area contributed by atoms with E-state index in [0.717, 1.165) is 108 Å². The number of fused-ring (bicyclic) bond motifs is 6. The van der Waals surface area contributed by atoms with Gasteiger partial charge in [-0.1, -0.05) is 231 Å². The fourth-order valence-electron chi connectivity index (χ4n) is 14.4. The second kappa shape index (κ2) is 16.9. The Kier molecular flexibility index (Phi) is 9.57. The van der Waals surface area contributed by atoms with Crippen LogP contribution in [0.3, 0.4) is 0 Å². The van der Waals surface area contributed by atoms with Crippen LogP contribution in [-0.2, 0) is 6.18 Å². The van der Waals surface area contributed by atoms with E-state index in [-0.39, 0.29) is 5.82 Å². The van der Waals surface area contributed by atoms with Crippen molar-refractivity contribution in [3.05, 3.63) is 308 Å². The molecule has 0 atom stereocenters. The molecule has 0 fully saturated rings. The van der Waals surface area contributed by atoms with Crippen LogP contribution < -0.4 is 0 Å². The first-order chi connectivity index (χ1) is 39.8. The molecule has 0 bridgehead atoms. The molecule has 0 amide bonds. The Morgan fingerprint density at radius 1 is 0.222 bits per heavy atom. The summed E-state index contributed by atoms with van der Waals surface area (Å²) in [6.45, 7) is 0. The molecular weight excluding hydrogens is 1000 g/mol. The third-order valence-corrected chi connectivity index (χ3v) is 17.6. The normalized spacial score (nSPS) is 12.4. The van der Waals surface area contributed by atoms with E-state index in [2.05, 4.69) is 188 Å². The lowest BCUT2D eigenvalue weighted by molar-refractivity contribution is -0.137. The van der Waals surface area contributed by atoms with Crippen LogP contribution in [0.2, 0.25) is 0 Å². The molecule has 2 aliphatic carbocycles. The minimum absolute atomic E-state index is 0.273. The zero-order valence-corrected chi connectivity index (χ0v) is 43.3. The molecule has 81 heavy (non-hydrogen) atoms. The molecule has 0 heterocycles. The Morgan fingerprint density at radius 2 is 0.531 bits per heavy atom. The van der Waals surface area contributed by atoms with Crippen molar-refractivity contribution < 1.29 is 17.6 Å². The van der Waals surface area contributed by atoms with Gasteiger partial charge >= 0.3 is 6.18 Å². The lowest BCUT2D eigenvalue weighted by Gasteiger charge is -2.18. The highest BCUT2D eigenvalue weighted by atomic mass is 19.4. The van der Waals surface area contributed by atoms with Gasteiger partial charge in [0.1, 0.15) is 5.82 Å². The fourth-order valence-corrected chi connectivity index (χ4v) is 14.4. The van der Waals surface area contributed by atoms with Crippen molar-refractivity contribution in [2.75, 3.05) is 0 Å². The largest absolute Gasteiger partial charge is 0.416 e. The molecule has 0 spiro atoms. The quantitative estimate of drug-likeness (QED) is 0.0884. The molecule has 15 aromatic carbocycles. The third-order valence-electron chi connectivity index (χ3n) is 17.6. The minimum atomic E-state index is -4.45. The van der Waals surface area contributed by atoms with E-state index < -0.39 is 11.7 Å². The van der Waals surface area contributed by atoms with Crippen molar-refractivity contribution in [3.63, 3.8) is 0 Å². The van der Waals surface area contributed by atoms with E-state index in [9.17, 15) is 17.6 Å². The predicted molar refractivity (Wildman–Crippen MR) is 324 cm³/mol. The molecule has 15 aromatic rings. The summed E-state index contributed by atoms with van der Waals surface area (Å²) < 4.78 is 56.9. The number of halogens is 4. The molecule has 0 saturated heterocycles. The number of alkyl halides is 3. The number of hydrogen-bond donors (Lipinski definition) is 0. The number of benzene rings is 15. The van der Waals surface area contributed by atoms with Gasteiger partial charge in [0.25, 0.3) is 0 Å². The van der Waals surface area contributed by atoms with E-state index in [1.54, 1.807) is 24.3 Å². The van der Waals surface area contributed by atoms with E-state index in [0.29, 0.717) is 5.56 Å². The molecule has 0 radical (unpaired) electrons. The van der Waals surface area contributed by atoms with Crippen LogP contribution in [0.5, 0.6) is 0 Å². The van der Waals surface area contributed by atoms with Crippen molar-refractivity contribution in [3.8, 4) is 66.8 Å². The topological polar surface area (TPSA) is 0 Å². The smallest absolute Gasteiger partial charge is 0.207 e. The van der Waals surface area contributed by atoms with Crippen molar-refractivity contribution >= 4 is 64.6 Å². The Bertz CT molecular complexity index is 5640. The highest BCUT2D eigenvalue weighted by Crippen LogP contribution is 2.50. The summed E-state index contributed by atoms with van der Waals surface area (Å²) in [6.07, 6.45) is -4.45. The van der Waals surface area contributed by atoms with Crippen molar-refractivity contribution in [2.24, 2.45) is 0 Å². The molecular formula is C77H42F4. The molecule has 17 rings (SSSR count). The summed E-state index contributed by atoms with van der Waals surface area (Å²) >= 11 is 0. The first-order valence-electron chi connectivity index (χ1n) is 27.4. The van der Waals surface area contributed by atoms with Gasteiger partial charge in [0.2, 0.25) is 0 Å². The first-order valence-corrected chi connectivity index (χ1v) is 27.4. The highest BCUT2D eigenvalue weighted by molar-refractivity contribution is 6.33. The molecule has 4 heteroatoms. The van der Waals surface area contributed by atoms with Gasteiger partial charge in [0.05, 0.1) is 5.56 Å². The molecule has 378 valence electrons. The Labute approximate surface area is 460 Å². The predicted octanol–water partition coefficient (Wildman–Crippen LogP) is 21.0. The van der Waals surface area contributed by atoms with Crippen molar-refractivity contribution in [1.82, 2.24) is 0 Å². The maximum atomic E-state index is 14.9. The third kappa shape index (κ3) is 6.42. The summed E-state index contributed by atoms with van der Waals surface area (Å²) in [7, 11) is 0. The van der Waals surface area contributed by atoms with E-state index in [4.69, 9.17) is 0 Å². The van der Waals surface area contributed by atoms with Crippen molar-refractivity contribution in [2.45, 2.75) is 6.18 Å². The van der Waals surface area contributed by atoms with Crippen LogP contribution in [0.25, 0.3) is 131 Å². The maximum Gasteiger partial charge on any atom is 0.416 e. The van der Waals surface area contributed by atoms with Crippen molar-refractivity contribution in [1.29, 1.82) is 0 Å². The second-order valence-electron chi connectivity index (χ2n) is 21.6. The standard InChI is InChI=1S/C77H42F4/c78-48-33-29-46(30-34-48)66-54-24-12-14-26-56(54)69(51-21-9-7-19-49(51)43-15-3-1-4-16-43)76-64-42-38-60-57-35-39-61-71-63(41-37-59(67(57)71)58-36-40-62(74(66)76)72(64)68(58)60)75-70(52-22-10-8-20-50(52)44-27-31-47(32-28-44)77(79,80)81)55-25-13-11-23-53(55)65(73(61)75)45-17-5-2-6-18-45/h1-42H. The van der Waals surface area contributed by atoms with Gasteiger partial charge in [-0.05, 0) is 197 Å². The van der Waals surface area contributed by atoms with Gasteiger partial charge < -0.3 is 0 Å². The lowest BCUT2D eigenvalue weighted by Crippen LogP contribution is -2.04. The molecule has 0 saturated carbocycles. The fraction of sp³-hybridized carbons (Fsp3) is 0.0130. The van der Waals surface area contributed by atoms with Crippen LogP contribution >= 0.6 is 0 Å². The minimum Gasteiger partial charge on any atom is -0.207 e. The lowest BCUT2D eigenvalue weighted by atomic mass is 9.85. The molecule has 0 N–H and O–H groups in total.